The van der Waals surface area contributed by atoms with Crippen LogP contribution in [-0.2, 0) is 20.7 Å². The van der Waals surface area contributed by atoms with Crippen molar-refractivity contribution in [3.63, 3.8) is 0 Å². The first-order valence-corrected chi connectivity index (χ1v) is 14.1. The maximum atomic E-state index is 13.7. The second kappa shape index (κ2) is 14.5. The van der Waals surface area contributed by atoms with E-state index in [1.165, 1.54) is 47.8 Å². The Bertz CT molecular complexity index is 1810. The molecule has 10 nitrogen and oxygen atoms in total. The van der Waals surface area contributed by atoms with Crippen LogP contribution < -0.4 is 10.3 Å². The van der Waals surface area contributed by atoms with E-state index in [0.717, 1.165) is 0 Å². The van der Waals surface area contributed by atoms with Crippen LogP contribution in [0.5, 0.6) is 5.75 Å². The van der Waals surface area contributed by atoms with Crippen molar-refractivity contribution in [3.05, 3.63) is 87.1 Å². The molecule has 0 spiro atoms. The number of alkyl halides is 3. The number of aromatic nitrogens is 3. The lowest BCUT2D eigenvalue weighted by Gasteiger charge is -2.21. The summed E-state index contributed by atoms with van der Waals surface area (Å²) < 4.78 is 53.9. The third kappa shape index (κ3) is 8.16. The molecule has 0 radical (unpaired) electrons. The van der Waals surface area contributed by atoms with Crippen LogP contribution >= 0.6 is 11.6 Å². The molecule has 0 aliphatic rings. The highest BCUT2D eigenvalue weighted by molar-refractivity contribution is 6.31. The third-order valence-corrected chi connectivity index (χ3v) is 7.27. The first kappa shape index (κ1) is 33.4. The summed E-state index contributed by atoms with van der Waals surface area (Å²) in [5.74, 6) is -0.506. The molecule has 3 aromatic heterocycles. The van der Waals surface area contributed by atoms with Gasteiger partial charge < -0.3 is 14.0 Å². The number of ether oxygens (including phenoxy) is 3. The van der Waals surface area contributed by atoms with Crippen LogP contribution in [-0.4, -0.2) is 59.5 Å². The van der Waals surface area contributed by atoms with Gasteiger partial charge in [0, 0.05) is 55.0 Å². The number of hydrogen-bond donors (Lipinski definition) is 0. The molecule has 3 heterocycles. The average molecular weight is 645 g/mol. The zero-order valence-corrected chi connectivity index (χ0v) is 25.0. The summed E-state index contributed by atoms with van der Waals surface area (Å²) in [4.78, 5) is 39.9. The highest BCUT2D eigenvalue weighted by Crippen LogP contribution is 2.34. The van der Waals surface area contributed by atoms with E-state index >= 15 is 0 Å². The highest BCUT2D eigenvalue weighted by atomic mass is 35.5. The molecular weight excluding hydrogens is 617 g/mol. The van der Waals surface area contributed by atoms with E-state index in [-0.39, 0.29) is 54.9 Å². The molecule has 0 amide bonds. The molecule has 4 aromatic rings. The molecule has 1 aromatic carbocycles. The second-order valence-corrected chi connectivity index (χ2v) is 10.4. The fourth-order valence-corrected chi connectivity index (χ4v) is 5.06. The van der Waals surface area contributed by atoms with Gasteiger partial charge in [-0.1, -0.05) is 11.6 Å². The molecule has 0 N–H and O–H groups in total. The largest absolute Gasteiger partial charge is 0.522 e. The van der Waals surface area contributed by atoms with E-state index in [2.05, 4.69) is 15.9 Å². The number of hydrogen-bond acceptors (Lipinski definition) is 8. The highest BCUT2D eigenvalue weighted by Gasteiger charge is 2.29. The van der Waals surface area contributed by atoms with Gasteiger partial charge in [0.1, 0.15) is 5.75 Å². The van der Waals surface area contributed by atoms with Crippen LogP contribution in [0.3, 0.4) is 0 Å². The summed E-state index contributed by atoms with van der Waals surface area (Å²) in [5, 5.41) is 14.1. The molecule has 0 saturated carbocycles. The number of methoxy groups -OCH3 is 2. The minimum atomic E-state index is -4.77. The number of carbonyl (C=O) groups is 2. The summed E-state index contributed by atoms with van der Waals surface area (Å²) >= 11 is 6.16. The standard InChI is InChI=1S/C31H28ClF3N4O6/c1-43-11-8-25(38-18-29(44-2)23(15-30(38)42)22-14-21(32)6-5-20(22)16-36)28(41)13-19-7-9-39-26(12-19)24(17-37-39)27(40)4-3-10-45-31(33,34)35/h5-7,9,12,14-15,17-18,25H,3-4,8,10-11,13H2,1-2H3. The molecule has 1 unspecified atom stereocenters. The predicted octanol–water partition coefficient (Wildman–Crippen LogP) is 5.59. The minimum Gasteiger partial charge on any atom is -0.495 e. The van der Waals surface area contributed by atoms with Gasteiger partial charge in [0.05, 0.1) is 54.9 Å². The van der Waals surface area contributed by atoms with Crippen molar-refractivity contribution in [2.75, 3.05) is 27.4 Å². The molecule has 0 aliphatic heterocycles. The van der Waals surface area contributed by atoms with Crippen LogP contribution in [0, 0.1) is 11.3 Å². The molecule has 0 saturated heterocycles. The number of benzene rings is 1. The molecule has 0 aliphatic carbocycles. The Kier molecular flexibility index (Phi) is 10.8. The van der Waals surface area contributed by atoms with Gasteiger partial charge in [-0.2, -0.15) is 10.4 Å². The van der Waals surface area contributed by atoms with Crippen LogP contribution in [0.15, 0.2) is 59.8 Å². The summed E-state index contributed by atoms with van der Waals surface area (Å²) in [5.41, 5.74) is 1.61. The lowest BCUT2D eigenvalue weighted by Crippen LogP contribution is -2.31. The number of halogens is 4. The van der Waals surface area contributed by atoms with Crippen LogP contribution in [0.4, 0.5) is 13.2 Å². The van der Waals surface area contributed by atoms with Crippen LogP contribution in [0.25, 0.3) is 16.6 Å². The number of pyridine rings is 2. The Morgan fingerprint density at radius 3 is 2.58 bits per heavy atom. The summed E-state index contributed by atoms with van der Waals surface area (Å²) in [6.45, 7) is -0.487. The number of nitrogens with zero attached hydrogens (tertiary/aromatic N) is 4. The maximum absolute atomic E-state index is 13.7. The van der Waals surface area contributed by atoms with Crippen molar-refractivity contribution in [3.8, 4) is 22.9 Å². The Morgan fingerprint density at radius 1 is 1.11 bits per heavy atom. The molecular formula is C31H28ClF3N4O6. The van der Waals surface area contributed by atoms with E-state index < -0.39 is 30.4 Å². The summed E-state index contributed by atoms with van der Waals surface area (Å²) in [7, 11) is 2.87. The number of nitriles is 1. The molecule has 4 rings (SSSR count). The first-order chi connectivity index (χ1) is 21.4. The van der Waals surface area contributed by atoms with Crippen molar-refractivity contribution in [1.82, 2.24) is 14.2 Å². The predicted molar refractivity (Wildman–Crippen MR) is 157 cm³/mol. The lowest BCUT2D eigenvalue weighted by atomic mass is 9.98. The van der Waals surface area contributed by atoms with Crippen molar-refractivity contribution < 1.29 is 37.0 Å². The topological polar surface area (TPSA) is 125 Å². The van der Waals surface area contributed by atoms with E-state index in [1.54, 1.807) is 30.5 Å². The van der Waals surface area contributed by atoms with Gasteiger partial charge in [-0.05, 0) is 48.7 Å². The van der Waals surface area contributed by atoms with E-state index in [9.17, 15) is 32.8 Å². The van der Waals surface area contributed by atoms with Crippen LogP contribution in [0.1, 0.15) is 46.8 Å². The van der Waals surface area contributed by atoms with Gasteiger partial charge in [0.15, 0.2) is 11.6 Å². The van der Waals surface area contributed by atoms with Crippen molar-refractivity contribution in [2.45, 2.75) is 38.1 Å². The zero-order chi connectivity index (χ0) is 32.7. The molecule has 0 bridgehead atoms. The van der Waals surface area contributed by atoms with Gasteiger partial charge in [0.2, 0.25) is 0 Å². The fraction of sp³-hybridized carbons (Fsp3) is 0.323. The monoisotopic (exact) mass is 644 g/mol. The zero-order valence-electron chi connectivity index (χ0n) is 24.3. The molecule has 0 fully saturated rings. The minimum absolute atomic E-state index is 0.119. The smallest absolute Gasteiger partial charge is 0.495 e. The Balaban J connectivity index is 1.61. The van der Waals surface area contributed by atoms with Crippen molar-refractivity contribution in [2.24, 2.45) is 0 Å². The second-order valence-electron chi connectivity index (χ2n) is 9.99. The Labute approximate surface area is 260 Å². The van der Waals surface area contributed by atoms with Gasteiger partial charge in [0.25, 0.3) is 5.56 Å². The summed E-state index contributed by atoms with van der Waals surface area (Å²) in [6, 6.07) is 10.3. The quantitative estimate of drug-likeness (QED) is 0.129. The third-order valence-electron chi connectivity index (χ3n) is 7.04. The van der Waals surface area contributed by atoms with Crippen LogP contribution in [0.2, 0.25) is 5.02 Å². The van der Waals surface area contributed by atoms with E-state index in [4.69, 9.17) is 21.1 Å². The first-order valence-electron chi connectivity index (χ1n) is 13.7. The van der Waals surface area contributed by atoms with E-state index in [0.29, 0.717) is 27.2 Å². The average Bonchev–Trinajstić information content (AvgIpc) is 3.42. The molecule has 236 valence electrons. The number of carbonyl (C=O) groups excluding carboxylic acids is 2. The SMILES string of the molecule is COCCC(C(=O)Cc1ccn2ncc(C(=O)CCCOC(F)(F)F)c2c1)n1cc(OC)c(-c2cc(Cl)ccc2C#N)cc1=O. The maximum Gasteiger partial charge on any atom is 0.522 e. The van der Waals surface area contributed by atoms with Gasteiger partial charge in [-0.25, -0.2) is 4.52 Å². The Morgan fingerprint density at radius 2 is 1.89 bits per heavy atom. The fourth-order valence-electron chi connectivity index (χ4n) is 4.89. The van der Waals surface area contributed by atoms with Gasteiger partial charge >= 0.3 is 6.36 Å². The number of Topliss-reactive ketones (excluding diaryl/α,β-unsaturated/α-hetero) is 2. The number of rotatable bonds is 14. The molecule has 14 heteroatoms. The van der Waals surface area contributed by atoms with Gasteiger partial charge in [-0.15, -0.1) is 13.2 Å². The lowest BCUT2D eigenvalue weighted by molar-refractivity contribution is -0.324. The number of fused-ring (bicyclic) bond motifs is 1. The van der Waals surface area contributed by atoms with Crippen molar-refractivity contribution in [1.29, 1.82) is 5.26 Å². The van der Waals surface area contributed by atoms with Crippen molar-refractivity contribution >= 4 is 28.7 Å². The number of ketones is 2. The van der Waals surface area contributed by atoms with Gasteiger partial charge in [-0.3, -0.25) is 19.1 Å². The summed E-state index contributed by atoms with van der Waals surface area (Å²) in [6.07, 6.45) is -0.757. The molecule has 1 atom stereocenters. The normalized spacial score (nSPS) is 12.2. The molecule has 45 heavy (non-hydrogen) atoms. The Hall–Kier alpha value is -4.51. The van der Waals surface area contributed by atoms with E-state index in [1.807, 2.05) is 0 Å².